The summed E-state index contributed by atoms with van der Waals surface area (Å²) in [6.45, 7) is 4.98. The lowest BCUT2D eigenvalue weighted by Gasteiger charge is -2.17. The van der Waals surface area contributed by atoms with Crippen molar-refractivity contribution in [3.05, 3.63) is 52.5 Å². The molecular formula is C19H20ClN3O3. The third-order valence-electron chi connectivity index (χ3n) is 3.91. The standard InChI is InChI=1S/C19H20ClN3O3/c1-3-25-19(26-4-2)12-7-5-11(6-8-12)18-22-15-10-13(20)9-14(17(21)24)16(15)23-18/h5-10,19H,3-4H2,1-2H3,(H2,21,24)(H,22,23). The molecule has 6 nitrogen and oxygen atoms in total. The molecule has 0 fully saturated rings. The van der Waals surface area contributed by atoms with Crippen molar-refractivity contribution >= 4 is 28.5 Å². The molecule has 0 radical (unpaired) electrons. The monoisotopic (exact) mass is 373 g/mol. The molecule has 0 aliphatic carbocycles. The number of ether oxygens (including phenoxy) is 2. The van der Waals surface area contributed by atoms with Crippen molar-refractivity contribution in [3.8, 4) is 11.4 Å². The number of rotatable bonds is 7. The molecule has 3 N–H and O–H groups in total. The van der Waals surface area contributed by atoms with Gasteiger partial charge in [0.25, 0.3) is 5.91 Å². The van der Waals surface area contributed by atoms with Crippen LogP contribution in [0.25, 0.3) is 22.4 Å². The van der Waals surface area contributed by atoms with Crippen LogP contribution in [-0.2, 0) is 9.47 Å². The molecule has 0 bridgehead atoms. The van der Waals surface area contributed by atoms with E-state index in [4.69, 9.17) is 26.8 Å². The molecule has 7 heteroatoms. The Kier molecular flexibility index (Phi) is 5.56. The van der Waals surface area contributed by atoms with Gasteiger partial charge in [-0.2, -0.15) is 0 Å². The van der Waals surface area contributed by atoms with Gasteiger partial charge in [-0.1, -0.05) is 35.9 Å². The summed E-state index contributed by atoms with van der Waals surface area (Å²) in [7, 11) is 0. The summed E-state index contributed by atoms with van der Waals surface area (Å²) >= 11 is 6.05. The average molecular weight is 374 g/mol. The average Bonchev–Trinajstić information content (AvgIpc) is 3.04. The SMILES string of the molecule is CCOC(OCC)c1ccc(-c2nc3c(C(N)=O)cc(Cl)cc3[nH]2)cc1. The third-order valence-corrected chi connectivity index (χ3v) is 4.13. The van der Waals surface area contributed by atoms with Gasteiger partial charge in [-0.05, 0) is 26.0 Å². The summed E-state index contributed by atoms with van der Waals surface area (Å²) in [6.07, 6.45) is -0.394. The van der Waals surface area contributed by atoms with E-state index >= 15 is 0 Å². The molecule has 2 aromatic carbocycles. The van der Waals surface area contributed by atoms with E-state index in [0.29, 0.717) is 40.7 Å². The second-order valence-corrected chi connectivity index (χ2v) is 6.10. The lowest BCUT2D eigenvalue weighted by molar-refractivity contribution is -0.140. The molecule has 0 atom stereocenters. The topological polar surface area (TPSA) is 90.2 Å². The summed E-state index contributed by atoms with van der Waals surface area (Å²) in [5, 5.41) is 0.424. The Morgan fingerprint density at radius 2 is 1.85 bits per heavy atom. The minimum Gasteiger partial charge on any atom is -0.366 e. The minimum absolute atomic E-state index is 0.291. The van der Waals surface area contributed by atoms with Crippen LogP contribution in [0.5, 0.6) is 0 Å². The zero-order chi connectivity index (χ0) is 18.7. The fourth-order valence-corrected chi connectivity index (χ4v) is 2.97. The number of primary amides is 1. The number of H-pyrrole nitrogens is 1. The molecule has 0 aliphatic rings. The Morgan fingerprint density at radius 3 is 2.42 bits per heavy atom. The van der Waals surface area contributed by atoms with Gasteiger partial charge >= 0.3 is 0 Å². The van der Waals surface area contributed by atoms with Gasteiger partial charge in [-0.25, -0.2) is 4.98 Å². The molecule has 0 aliphatic heterocycles. The number of nitrogens with two attached hydrogens (primary N) is 1. The number of hydrogen-bond acceptors (Lipinski definition) is 4. The third kappa shape index (κ3) is 3.72. The van der Waals surface area contributed by atoms with Gasteiger partial charge in [0.15, 0.2) is 6.29 Å². The maximum Gasteiger partial charge on any atom is 0.251 e. The molecule has 26 heavy (non-hydrogen) atoms. The highest BCUT2D eigenvalue weighted by molar-refractivity contribution is 6.32. The first-order valence-electron chi connectivity index (χ1n) is 8.36. The molecule has 0 saturated heterocycles. The van der Waals surface area contributed by atoms with Crippen LogP contribution in [0, 0.1) is 0 Å². The summed E-state index contributed by atoms with van der Waals surface area (Å²) < 4.78 is 11.2. The Bertz CT molecular complexity index is 916. The molecule has 1 amide bonds. The number of hydrogen-bond donors (Lipinski definition) is 2. The van der Waals surface area contributed by atoms with Crippen molar-refractivity contribution < 1.29 is 14.3 Å². The molecule has 3 rings (SSSR count). The Labute approximate surface area is 156 Å². The van der Waals surface area contributed by atoms with Crippen molar-refractivity contribution in [1.82, 2.24) is 9.97 Å². The number of aromatic amines is 1. The van der Waals surface area contributed by atoms with Crippen LogP contribution in [-0.4, -0.2) is 29.1 Å². The number of benzene rings is 2. The van der Waals surface area contributed by atoms with Gasteiger partial charge < -0.3 is 20.2 Å². The molecule has 1 aromatic heterocycles. The van der Waals surface area contributed by atoms with Crippen LogP contribution in [0.3, 0.4) is 0 Å². The van der Waals surface area contributed by atoms with Gasteiger partial charge in [0.05, 0.1) is 11.1 Å². The molecule has 0 unspecified atom stereocenters. The highest BCUT2D eigenvalue weighted by atomic mass is 35.5. The number of aromatic nitrogens is 2. The molecule has 0 spiro atoms. The molecular weight excluding hydrogens is 354 g/mol. The summed E-state index contributed by atoms with van der Waals surface area (Å²) in [5.74, 6) is 0.0582. The van der Waals surface area contributed by atoms with Crippen LogP contribution in [0.4, 0.5) is 0 Å². The van der Waals surface area contributed by atoms with Gasteiger partial charge in [-0.3, -0.25) is 4.79 Å². The van der Waals surface area contributed by atoms with Crippen molar-refractivity contribution in [2.24, 2.45) is 5.73 Å². The number of fused-ring (bicyclic) bond motifs is 1. The predicted octanol–water partition coefficient (Wildman–Crippen LogP) is 4.05. The highest BCUT2D eigenvalue weighted by Crippen LogP contribution is 2.27. The summed E-state index contributed by atoms with van der Waals surface area (Å²) in [4.78, 5) is 19.3. The van der Waals surface area contributed by atoms with Crippen molar-refractivity contribution in [2.45, 2.75) is 20.1 Å². The van der Waals surface area contributed by atoms with Crippen LogP contribution < -0.4 is 5.73 Å². The number of amides is 1. The Balaban J connectivity index is 1.96. The Morgan fingerprint density at radius 1 is 1.19 bits per heavy atom. The molecule has 1 heterocycles. The predicted molar refractivity (Wildman–Crippen MR) is 101 cm³/mol. The second-order valence-electron chi connectivity index (χ2n) is 5.66. The fraction of sp³-hybridized carbons (Fsp3) is 0.263. The number of carbonyl (C=O) groups is 1. The van der Waals surface area contributed by atoms with Gasteiger partial charge in [0.1, 0.15) is 11.3 Å². The van der Waals surface area contributed by atoms with Gasteiger partial charge in [0.2, 0.25) is 0 Å². The number of carbonyl (C=O) groups excluding carboxylic acids is 1. The first kappa shape index (κ1) is 18.4. The van der Waals surface area contributed by atoms with E-state index in [1.54, 1.807) is 6.07 Å². The lowest BCUT2D eigenvalue weighted by Crippen LogP contribution is -2.11. The van der Waals surface area contributed by atoms with E-state index in [-0.39, 0.29) is 0 Å². The van der Waals surface area contributed by atoms with Crippen LogP contribution in [0.15, 0.2) is 36.4 Å². The number of imidazole rings is 1. The summed E-state index contributed by atoms with van der Waals surface area (Å²) in [5.41, 5.74) is 8.67. The molecule has 3 aromatic rings. The van der Waals surface area contributed by atoms with E-state index in [0.717, 1.165) is 11.1 Å². The van der Waals surface area contributed by atoms with Crippen LogP contribution in [0.1, 0.15) is 36.1 Å². The Hall–Kier alpha value is -2.41. The zero-order valence-corrected chi connectivity index (χ0v) is 15.3. The normalized spacial score (nSPS) is 11.4. The van der Waals surface area contributed by atoms with Crippen molar-refractivity contribution in [2.75, 3.05) is 13.2 Å². The highest BCUT2D eigenvalue weighted by Gasteiger charge is 2.15. The van der Waals surface area contributed by atoms with Crippen molar-refractivity contribution in [1.29, 1.82) is 0 Å². The maximum absolute atomic E-state index is 11.6. The van der Waals surface area contributed by atoms with E-state index in [2.05, 4.69) is 9.97 Å². The van der Waals surface area contributed by atoms with Crippen LogP contribution in [0.2, 0.25) is 5.02 Å². The lowest BCUT2D eigenvalue weighted by atomic mass is 10.1. The van der Waals surface area contributed by atoms with Gasteiger partial charge in [0, 0.05) is 29.4 Å². The number of nitrogens with one attached hydrogen (secondary N) is 1. The maximum atomic E-state index is 11.6. The first-order valence-corrected chi connectivity index (χ1v) is 8.73. The first-order chi connectivity index (χ1) is 12.5. The van der Waals surface area contributed by atoms with Crippen LogP contribution >= 0.6 is 11.6 Å². The van der Waals surface area contributed by atoms with E-state index in [9.17, 15) is 4.79 Å². The number of nitrogens with zero attached hydrogens (tertiary/aromatic N) is 1. The fourth-order valence-electron chi connectivity index (χ4n) is 2.75. The van der Waals surface area contributed by atoms with Crippen molar-refractivity contribution in [3.63, 3.8) is 0 Å². The van der Waals surface area contributed by atoms with E-state index in [1.807, 2.05) is 38.1 Å². The van der Waals surface area contributed by atoms with Gasteiger partial charge in [-0.15, -0.1) is 0 Å². The number of halogens is 1. The summed E-state index contributed by atoms with van der Waals surface area (Å²) in [6, 6.07) is 10.9. The second kappa shape index (κ2) is 7.86. The zero-order valence-electron chi connectivity index (χ0n) is 14.6. The molecule has 0 saturated carbocycles. The smallest absolute Gasteiger partial charge is 0.251 e. The molecule has 136 valence electrons. The quantitative estimate of drug-likeness (QED) is 0.611. The minimum atomic E-state index is -0.567. The van der Waals surface area contributed by atoms with E-state index < -0.39 is 12.2 Å². The van der Waals surface area contributed by atoms with E-state index in [1.165, 1.54) is 6.07 Å². The largest absolute Gasteiger partial charge is 0.366 e.